The van der Waals surface area contributed by atoms with E-state index < -0.39 is 12.1 Å². The number of fused-ring (bicyclic) bond motifs is 1. The highest BCUT2D eigenvalue weighted by Crippen LogP contribution is 2.30. The van der Waals surface area contributed by atoms with Gasteiger partial charge < -0.3 is 9.84 Å². The number of para-hydroxylation sites is 1. The fourth-order valence-corrected chi connectivity index (χ4v) is 2.36. The third-order valence-corrected chi connectivity index (χ3v) is 3.36. The lowest BCUT2D eigenvalue weighted by atomic mass is 9.96. The molecule has 0 aliphatic carbocycles. The zero-order valence-electron chi connectivity index (χ0n) is 10.8. The molecule has 3 rings (SSSR count). The topological polar surface area (TPSA) is 46.5 Å². The maximum Gasteiger partial charge on any atom is 0.335 e. The smallest absolute Gasteiger partial charge is 0.335 e. The highest BCUT2D eigenvalue weighted by molar-refractivity contribution is 5.94. The van der Waals surface area contributed by atoms with Crippen molar-refractivity contribution >= 4 is 12.0 Å². The molecule has 0 aromatic heterocycles. The fraction of sp³-hybridized carbons (Fsp3) is 0.118. The molecule has 2 aromatic rings. The Morgan fingerprint density at radius 2 is 1.75 bits per heavy atom. The Hall–Kier alpha value is -2.55. The maximum atomic E-state index is 11.4. The Labute approximate surface area is 117 Å². The molecule has 100 valence electrons. The largest absolute Gasteiger partial charge is 0.484 e. The number of carbonyl (C=O) groups is 1. The summed E-state index contributed by atoms with van der Waals surface area (Å²) < 4.78 is 5.86. The zero-order chi connectivity index (χ0) is 13.9. The highest BCUT2D eigenvalue weighted by Gasteiger charge is 2.27. The normalized spacial score (nSPS) is 16.8. The number of hydrogen-bond acceptors (Lipinski definition) is 2. The lowest BCUT2D eigenvalue weighted by molar-refractivity contribution is -0.133. The minimum atomic E-state index is -0.930. The molecule has 1 atom stereocenters. The van der Waals surface area contributed by atoms with Crippen molar-refractivity contribution in [1.82, 2.24) is 0 Å². The zero-order valence-corrected chi connectivity index (χ0v) is 10.8. The Bertz CT molecular complexity index is 659. The Morgan fingerprint density at radius 1 is 1.05 bits per heavy atom. The standard InChI is InChI=1S/C17H14O3/c18-17(19)14-11-13-8-4-5-9-15(13)20-16(14)10-12-6-2-1-3-7-12/h1-9,11,16H,10H2,(H,18,19). The summed E-state index contributed by atoms with van der Waals surface area (Å²) in [7, 11) is 0. The lowest BCUT2D eigenvalue weighted by Crippen LogP contribution is -2.29. The van der Waals surface area contributed by atoms with Crippen LogP contribution in [0.1, 0.15) is 11.1 Å². The minimum Gasteiger partial charge on any atom is -0.484 e. The van der Waals surface area contributed by atoms with Gasteiger partial charge in [0.2, 0.25) is 0 Å². The van der Waals surface area contributed by atoms with E-state index >= 15 is 0 Å². The second-order valence-corrected chi connectivity index (χ2v) is 4.74. The van der Waals surface area contributed by atoms with Crippen molar-refractivity contribution in [2.24, 2.45) is 0 Å². The van der Waals surface area contributed by atoms with Gasteiger partial charge >= 0.3 is 5.97 Å². The van der Waals surface area contributed by atoms with Crippen molar-refractivity contribution in [2.45, 2.75) is 12.5 Å². The molecule has 0 saturated heterocycles. The third kappa shape index (κ3) is 2.43. The van der Waals surface area contributed by atoms with Gasteiger partial charge in [-0.3, -0.25) is 0 Å². The quantitative estimate of drug-likeness (QED) is 0.928. The molecule has 2 aromatic carbocycles. The van der Waals surface area contributed by atoms with Gasteiger partial charge in [-0.05, 0) is 17.7 Å². The van der Waals surface area contributed by atoms with Crippen LogP contribution in [-0.4, -0.2) is 17.2 Å². The maximum absolute atomic E-state index is 11.4. The summed E-state index contributed by atoms with van der Waals surface area (Å²) in [6.45, 7) is 0. The number of benzene rings is 2. The van der Waals surface area contributed by atoms with Crippen LogP contribution in [0, 0.1) is 0 Å². The van der Waals surface area contributed by atoms with E-state index in [2.05, 4.69) is 0 Å². The first-order chi connectivity index (χ1) is 9.74. The van der Waals surface area contributed by atoms with E-state index in [1.807, 2.05) is 54.6 Å². The molecule has 1 aliphatic rings. The Kier molecular flexibility index (Phi) is 3.25. The van der Waals surface area contributed by atoms with Gasteiger partial charge in [0, 0.05) is 12.0 Å². The predicted octanol–water partition coefficient (Wildman–Crippen LogP) is 3.16. The molecular weight excluding hydrogens is 252 g/mol. The first kappa shape index (κ1) is 12.5. The van der Waals surface area contributed by atoms with Crippen molar-refractivity contribution < 1.29 is 14.6 Å². The summed E-state index contributed by atoms with van der Waals surface area (Å²) in [4.78, 5) is 11.4. The van der Waals surface area contributed by atoms with Crippen LogP contribution in [0.2, 0.25) is 0 Å². The lowest BCUT2D eigenvalue weighted by Gasteiger charge is -2.25. The number of ether oxygens (including phenoxy) is 1. The summed E-state index contributed by atoms with van der Waals surface area (Å²) in [6.07, 6.45) is 1.80. The van der Waals surface area contributed by atoms with E-state index in [1.165, 1.54) is 0 Å². The molecule has 1 aliphatic heterocycles. The molecular formula is C17H14O3. The second-order valence-electron chi connectivity index (χ2n) is 4.74. The monoisotopic (exact) mass is 266 g/mol. The van der Waals surface area contributed by atoms with Crippen LogP contribution < -0.4 is 4.74 Å². The van der Waals surface area contributed by atoms with Crippen LogP contribution in [0.4, 0.5) is 0 Å². The van der Waals surface area contributed by atoms with Crippen molar-refractivity contribution in [3.05, 3.63) is 71.3 Å². The Morgan fingerprint density at radius 3 is 2.50 bits per heavy atom. The van der Waals surface area contributed by atoms with Crippen molar-refractivity contribution in [2.75, 3.05) is 0 Å². The average molecular weight is 266 g/mol. The first-order valence-corrected chi connectivity index (χ1v) is 6.48. The van der Waals surface area contributed by atoms with Crippen LogP contribution in [0.5, 0.6) is 5.75 Å². The van der Waals surface area contributed by atoms with Gasteiger partial charge in [-0.25, -0.2) is 4.79 Å². The summed E-state index contributed by atoms with van der Waals surface area (Å²) in [6, 6.07) is 17.3. The molecule has 0 bridgehead atoms. The van der Waals surface area contributed by atoms with Crippen LogP contribution in [0.25, 0.3) is 6.08 Å². The molecule has 20 heavy (non-hydrogen) atoms. The molecule has 0 amide bonds. The van der Waals surface area contributed by atoms with E-state index in [0.29, 0.717) is 12.0 Å². The van der Waals surface area contributed by atoms with Gasteiger partial charge in [0.25, 0.3) is 0 Å². The van der Waals surface area contributed by atoms with E-state index in [0.717, 1.165) is 16.9 Å². The number of carboxylic acid groups (broad SMARTS) is 1. The van der Waals surface area contributed by atoms with Crippen LogP contribution in [0.15, 0.2) is 60.2 Å². The predicted molar refractivity (Wildman–Crippen MR) is 76.6 cm³/mol. The van der Waals surface area contributed by atoms with Crippen molar-refractivity contribution in [3.63, 3.8) is 0 Å². The first-order valence-electron chi connectivity index (χ1n) is 6.48. The third-order valence-electron chi connectivity index (χ3n) is 3.36. The fourth-order valence-electron chi connectivity index (χ4n) is 2.36. The Balaban J connectivity index is 1.94. The van der Waals surface area contributed by atoms with Crippen molar-refractivity contribution in [1.29, 1.82) is 0 Å². The number of hydrogen-bond donors (Lipinski definition) is 1. The summed E-state index contributed by atoms with van der Waals surface area (Å²) in [5.41, 5.74) is 2.17. The minimum absolute atomic E-state index is 0.299. The molecule has 0 saturated carbocycles. The van der Waals surface area contributed by atoms with Gasteiger partial charge in [-0.15, -0.1) is 0 Å². The SMILES string of the molecule is O=C(O)C1=Cc2ccccc2OC1Cc1ccccc1. The average Bonchev–Trinajstić information content (AvgIpc) is 2.47. The highest BCUT2D eigenvalue weighted by atomic mass is 16.5. The van der Waals surface area contributed by atoms with Crippen molar-refractivity contribution in [3.8, 4) is 5.75 Å². The van der Waals surface area contributed by atoms with Crippen LogP contribution >= 0.6 is 0 Å². The molecule has 3 nitrogen and oxygen atoms in total. The molecule has 0 radical (unpaired) electrons. The number of aliphatic carboxylic acids is 1. The summed E-state index contributed by atoms with van der Waals surface area (Å²) in [5, 5.41) is 9.36. The molecule has 0 spiro atoms. The molecule has 1 heterocycles. The van der Waals surface area contributed by atoms with Gasteiger partial charge in [0.15, 0.2) is 0 Å². The van der Waals surface area contributed by atoms with E-state index in [9.17, 15) is 9.90 Å². The van der Waals surface area contributed by atoms with Gasteiger partial charge in [0.1, 0.15) is 11.9 Å². The van der Waals surface area contributed by atoms with Gasteiger partial charge in [0.05, 0.1) is 5.57 Å². The second kappa shape index (κ2) is 5.21. The number of rotatable bonds is 3. The number of carboxylic acids is 1. The van der Waals surface area contributed by atoms with E-state index in [4.69, 9.17) is 4.74 Å². The van der Waals surface area contributed by atoms with Gasteiger partial charge in [-0.2, -0.15) is 0 Å². The summed E-state index contributed by atoms with van der Waals surface area (Å²) >= 11 is 0. The van der Waals surface area contributed by atoms with Gasteiger partial charge in [-0.1, -0.05) is 48.5 Å². The van der Waals surface area contributed by atoms with Crippen LogP contribution in [-0.2, 0) is 11.2 Å². The molecule has 3 heteroatoms. The van der Waals surface area contributed by atoms with Crippen LogP contribution in [0.3, 0.4) is 0 Å². The van der Waals surface area contributed by atoms with E-state index in [1.54, 1.807) is 6.08 Å². The van der Waals surface area contributed by atoms with E-state index in [-0.39, 0.29) is 0 Å². The molecule has 1 unspecified atom stereocenters. The molecule has 1 N–H and O–H groups in total. The molecule has 0 fully saturated rings. The summed E-state index contributed by atoms with van der Waals surface area (Å²) in [5.74, 6) is -0.195.